The first-order valence-corrected chi connectivity index (χ1v) is 6.10. The summed E-state index contributed by atoms with van der Waals surface area (Å²) in [6.07, 6.45) is 0.734. The minimum atomic E-state index is -0.542. The van der Waals surface area contributed by atoms with Crippen molar-refractivity contribution in [3.63, 3.8) is 0 Å². The van der Waals surface area contributed by atoms with Crippen LogP contribution in [-0.4, -0.2) is 23.4 Å². The molecule has 6 heteroatoms. The van der Waals surface area contributed by atoms with Gasteiger partial charge in [-0.1, -0.05) is 13.0 Å². The zero-order valence-electron chi connectivity index (χ0n) is 11.6. The second kappa shape index (κ2) is 5.69. The van der Waals surface area contributed by atoms with Crippen LogP contribution >= 0.6 is 0 Å². The number of hydrogen-bond donors (Lipinski definition) is 2. The normalized spacial score (nSPS) is 10.9. The Morgan fingerprint density at radius 2 is 2.05 bits per heavy atom. The van der Waals surface area contributed by atoms with Gasteiger partial charge in [0.25, 0.3) is 5.91 Å². The lowest BCUT2D eigenvalue weighted by Gasteiger charge is -2.24. The molecular weight excluding hydrogens is 246 g/mol. The van der Waals surface area contributed by atoms with Gasteiger partial charge in [0.05, 0.1) is 4.92 Å². The molecule has 1 aromatic rings. The summed E-state index contributed by atoms with van der Waals surface area (Å²) in [5, 5.41) is 16.7. The molecule has 2 N–H and O–H groups in total. The highest BCUT2D eigenvalue weighted by Gasteiger charge is 2.27. The number of hydrogen-bond acceptors (Lipinski definition) is 4. The molecule has 6 nitrogen and oxygen atoms in total. The molecule has 1 amide bonds. The van der Waals surface area contributed by atoms with Crippen molar-refractivity contribution >= 4 is 17.3 Å². The Morgan fingerprint density at radius 3 is 2.53 bits per heavy atom. The number of nitro benzene ring substituents is 1. The molecule has 0 spiro atoms. The molecule has 0 fully saturated rings. The van der Waals surface area contributed by atoms with Gasteiger partial charge in [0, 0.05) is 12.6 Å². The van der Waals surface area contributed by atoms with Crippen molar-refractivity contribution < 1.29 is 9.72 Å². The molecule has 1 aromatic carbocycles. The molecule has 0 aliphatic heterocycles. The van der Waals surface area contributed by atoms with Gasteiger partial charge in [-0.05, 0) is 32.4 Å². The van der Waals surface area contributed by atoms with Gasteiger partial charge >= 0.3 is 5.69 Å². The lowest BCUT2D eigenvalue weighted by atomic mass is 10.0. The second-order valence-corrected chi connectivity index (χ2v) is 4.90. The van der Waals surface area contributed by atoms with E-state index in [2.05, 4.69) is 10.6 Å². The van der Waals surface area contributed by atoms with Gasteiger partial charge in [-0.2, -0.15) is 0 Å². The van der Waals surface area contributed by atoms with Crippen molar-refractivity contribution in [3.8, 4) is 0 Å². The topological polar surface area (TPSA) is 84.3 Å². The van der Waals surface area contributed by atoms with Crippen molar-refractivity contribution in [3.05, 3.63) is 33.9 Å². The largest absolute Gasteiger partial charge is 0.383 e. The standard InChI is InChI=1S/C13H19N3O3/c1-5-13(2,3)15-12(17)9-7-6-8-10(14-4)11(9)16(18)19/h6-8,14H,5H2,1-4H3,(H,15,17). The van der Waals surface area contributed by atoms with Crippen molar-refractivity contribution in [2.24, 2.45) is 0 Å². The maximum absolute atomic E-state index is 12.2. The van der Waals surface area contributed by atoms with Gasteiger partial charge in [-0.25, -0.2) is 0 Å². The zero-order valence-corrected chi connectivity index (χ0v) is 11.6. The molecule has 1 rings (SSSR count). The van der Waals surface area contributed by atoms with Gasteiger partial charge in [-0.15, -0.1) is 0 Å². The van der Waals surface area contributed by atoms with Crippen LogP contribution in [0.25, 0.3) is 0 Å². The fourth-order valence-corrected chi connectivity index (χ4v) is 1.59. The SMILES string of the molecule is CCC(C)(C)NC(=O)c1cccc(NC)c1[N+](=O)[O-]. The Kier molecular flexibility index (Phi) is 4.47. The Balaban J connectivity index is 3.20. The van der Waals surface area contributed by atoms with E-state index in [1.54, 1.807) is 19.2 Å². The predicted molar refractivity (Wildman–Crippen MR) is 74.5 cm³/mol. The van der Waals surface area contributed by atoms with E-state index < -0.39 is 16.4 Å². The zero-order chi connectivity index (χ0) is 14.6. The van der Waals surface area contributed by atoms with Crippen molar-refractivity contribution in [2.75, 3.05) is 12.4 Å². The number of carbonyl (C=O) groups is 1. The second-order valence-electron chi connectivity index (χ2n) is 4.90. The molecule has 0 radical (unpaired) electrons. The lowest BCUT2D eigenvalue weighted by Crippen LogP contribution is -2.43. The molecule has 0 aliphatic carbocycles. The van der Waals surface area contributed by atoms with Gasteiger partial charge in [0.15, 0.2) is 0 Å². The summed E-state index contributed by atoms with van der Waals surface area (Å²) in [5.74, 6) is -0.435. The van der Waals surface area contributed by atoms with Crippen molar-refractivity contribution in [1.29, 1.82) is 0 Å². The van der Waals surface area contributed by atoms with Crippen molar-refractivity contribution in [2.45, 2.75) is 32.7 Å². The molecule has 19 heavy (non-hydrogen) atoms. The maximum Gasteiger partial charge on any atom is 0.305 e. The van der Waals surface area contributed by atoms with Gasteiger partial charge in [-0.3, -0.25) is 14.9 Å². The van der Waals surface area contributed by atoms with Gasteiger partial charge in [0.2, 0.25) is 0 Å². The van der Waals surface area contributed by atoms with Crippen LogP contribution in [0.4, 0.5) is 11.4 Å². The molecule has 0 heterocycles. The van der Waals surface area contributed by atoms with E-state index in [1.165, 1.54) is 6.07 Å². The maximum atomic E-state index is 12.2. The molecule has 0 aliphatic rings. The van der Waals surface area contributed by atoms with Crippen LogP contribution in [0.1, 0.15) is 37.6 Å². The third-order valence-electron chi connectivity index (χ3n) is 3.07. The number of anilines is 1. The number of carbonyl (C=O) groups excluding carboxylic acids is 1. The van der Waals surface area contributed by atoms with Crippen LogP contribution < -0.4 is 10.6 Å². The third-order valence-corrected chi connectivity index (χ3v) is 3.07. The molecule has 0 atom stereocenters. The molecule has 0 bridgehead atoms. The highest BCUT2D eigenvalue weighted by Crippen LogP contribution is 2.28. The quantitative estimate of drug-likeness (QED) is 0.633. The molecule has 104 valence electrons. The predicted octanol–water partition coefficient (Wildman–Crippen LogP) is 2.55. The van der Waals surface area contributed by atoms with Crippen LogP contribution in [-0.2, 0) is 0 Å². The van der Waals surface area contributed by atoms with Crippen molar-refractivity contribution in [1.82, 2.24) is 5.32 Å². The van der Waals surface area contributed by atoms with E-state index in [0.717, 1.165) is 6.42 Å². The molecule has 0 unspecified atom stereocenters. The number of nitrogens with zero attached hydrogens (tertiary/aromatic N) is 1. The number of amides is 1. The van der Waals surface area contributed by atoms with Crippen LogP contribution in [0, 0.1) is 10.1 Å². The number of nitro groups is 1. The fraction of sp³-hybridized carbons (Fsp3) is 0.462. The first-order valence-electron chi connectivity index (χ1n) is 6.10. The van der Waals surface area contributed by atoms with E-state index in [4.69, 9.17) is 0 Å². The van der Waals surface area contributed by atoms with Gasteiger partial charge < -0.3 is 10.6 Å². The number of benzene rings is 1. The van der Waals surface area contributed by atoms with E-state index in [9.17, 15) is 14.9 Å². The number of para-hydroxylation sites is 1. The van der Waals surface area contributed by atoms with E-state index in [1.807, 2.05) is 20.8 Å². The Bertz CT molecular complexity index is 498. The summed E-state index contributed by atoms with van der Waals surface area (Å²) in [7, 11) is 1.58. The first kappa shape index (κ1) is 14.9. The smallest absolute Gasteiger partial charge is 0.305 e. The Labute approximate surface area is 112 Å². The van der Waals surface area contributed by atoms with Crippen LogP contribution in [0.15, 0.2) is 18.2 Å². The summed E-state index contributed by atoms with van der Waals surface area (Å²) in [6.45, 7) is 5.69. The molecular formula is C13H19N3O3. The summed E-state index contributed by atoms with van der Waals surface area (Å²) < 4.78 is 0. The number of rotatable bonds is 5. The molecule has 0 saturated carbocycles. The minimum Gasteiger partial charge on any atom is -0.383 e. The van der Waals surface area contributed by atoms with Crippen LogP contribution in [0.3, 0.4) is 0 Å². The summed E-state index contributed by atoms with van der Waals surface area (Å²) in [4.78, 5) is 22.8. The van der Waals surface area contributed by atoms with E-state index >= 15 is 0 Å². The third kappa shape index (κ3) is 3.43. The Hall–Kier alpha value is -2.11. The van der Waals surface area contributed by atoms with Crippen LogP contribution in [0.2, 0.25) is 0 Å². The number of nitrogens with one attached hydrogen (secondary N) is 2. The summed E-state index contributed by atoms with van der Waals surface area (Å²) >= 11 is 0. The van der Waals surface area contributed by atoms with Crippen LogP contribution in [0.5, 0.6) is 0 Å². The average molecular weight is 265 g/mol. The molecule has 0 aromatic heterocycles. The summed E-state index contributed by atoms with van der Waals surface area (Å²) in [5.41, 5.74) is -0.208. The van der Waals surface area contributed by atoms with E-state index in [0.29, 0.717) is 5.69 Å². The van der Waals surface area contributed by atoms with Gasteiger partial charge in [0.1, 0.15) is 11.3 Å². The van der Waals surface area contributed by atoms with E-state index in [-0.39, 0.29) is 11.3 Å². The Morgan fingerprint density at radius 1 is 1.42 bits per heavy atom. The first-order chi connectivity index (χ1) is 8.82. The minimum absolute atomic E-state index is 0.0679. The highest BCUT2D eigenvalue weighted by atomic mass is 16.6. The monoisotopic (exact) mass is 265 g/mol. The molecule has 0 saturated heterocycles. The fourth-order valence-electron chi connectivity index (χ4n) is 1.59. The highest BCUT2D eigenvalue weighted by molar-refractivity contribution is 6.00. The summed E-state index contributed by atoms with van der Waals surface area (Å²) in [6, 6.07) is 4.65. The lowest BCUT2D eigenvalue weighted by molar-refractivity contribution is -0.384. The average Bonchev–Trinajstić information content (AvgIpc) is 2.37.